The summed E-state index contributed by atoms with van der Waals surface area (Å²) in [5.41, 5.74) is 2.37. The lowest BCUT2D eigenvalue weighted by molar-refractivity contribution is 0.821. The lowest BCUT2D eigenvalue weighted by Gasteiger charge is -2.34. The van der Waals surface area contributed by atoms with Crippen LogP contribution in [0.15, 0.2) is 60.7 Å². The van der Waals surface area contributed by atoms with Crippen LogP contribution < -0.4 is 21.1 Å². The summed E-state index contributed by atoms with van der Waals surface area (Å²) in [4.78, 5) is 0. The van der Waals surface area contributed by atoms with Crippen LogP contribution in [0, 0.1) is 0 Å². The Hall–Kier alpha value is -2.74. The molecule has 0 bridgehead atoms. The number of rotatable bonds is 0. The van der Waals surface area contributed by atoms with E-state index in [-0.39, 0.29) is 0 Å². The van der Waals surface area contributed by atoms with Crippen molar-refractivity contribution in [3.63, 3.8) is 0 Å². The second-order valence-corrected chi connectivity index (χ2v) is 6.05. The number of nitrogens with one attached hydrogen (secondary N) is 2. The average molecular weight is 284 g/mol. The summed E-state index contributed by atoms with van der Waals surface area (Å²) < 4.78 is 0. The first-order chi connectivity index (χ1) is 10.9. The molecule has 2 N–H and O–H groups in total. The Kier molecular flexibility index (Phi) is 2.36. The van der Waals surface area contributed by atoms with E-state index in [1.165, 1.54) is 32.6 Å². The van der Waals surface area contributed by atoms with E-state index >= 15 is 0 Å². The van der Waals surface area contributed by atoms with Crippen LogP contribution in [-0.2, 0) is 0 Å². The maximum absolute atomic E-state index is 3.68. The summed E-state index contributed by atoms with van der Waals surface area (Å²) in [6.07, 6.45) is 4.65. The highest BCUT2D eigenvalue weighted by Gasteiger charge is 2.26. The van der Waals surface area contributed by atoms with Gasteiger partial charge >= 0.3 is 0 Å². The Morgan fingerprint density at radius 1 is 0.591 bits per heavy atom. The van der Waals surface area contributed by atoms with Gasteiger partial charge in [0, 0.05) is 0 Å². The molecule has 0 radical (unpaired) electrons. The fourth-order valence-electron chi connectivity index (χ4n) is 3.51. The van der Waals surface area contributed by atoms with E-state index in [2.05, 4.69) is 83.4 Å². The zero-order chi connectivity index (χ0) is 14.5. The van der Waals surface area contributed by atoms with E-state index in [1.807, 2.05) is 0 Å². The smallest absolute Gasteiger partial charge is 0.0692 e. The molecule has 2 aliphatic rings. The molecule has 2 atom stereocenters. The van der Waals surface area contributed by atoms with Gasteiger partial charge < -0.3 is 10.6 Å². The van der Waals surface area contributed by atoms with Gasteiger partial charge in [-0.25, -0.2) is 0 Å². The van der Waals surface area contributed by atoms with E-state index in [1.54, 1.807) is 0 Å². The van der Waals surface area contributed by atoms with Gasteiger partial charge in [0.2, 0.25) is 0 Å². The van der Waals surface area contributed by atoms with Crippen LogP contribution in [0.25, 0.3) is 22.9 Å². The molecule has 3 aromatic rings. The number of benzene rings is 3. The first kappa shape index (κ1) is 11.9. The lowest BCUT2D eigenvalue weighted by Crippen LogP contribution is -2.47. The highest BCUT2D eigenvalue weighted by Crippen LogP contribution is 2.34. The first-order valence-corrected chi connectivity index (χ1v) is 7.71. The van der Waals surface area contributed by atoms with Gasteiger partial charge in [-0.3, -0.25) is 0 Å². The summed E-state index contributed by atoms with van der Waals surface area (Å²) in [6, 6.07) is 22.1. The molecule has 0 amide bonds. The third-order valence-electron chi connectivity index (χ3n) is 4.63. The Labute approximate surface area is 128 Å². The summed E-state index contributed by atoms with van der Waals surface area (Å²) in [7, 11) is 0. The van der Waals surface area contributed by atoms with Gasteiger partial charge in [-0.2, -0.15) is 0 Å². The minimum absolute atomic E-state index is 0.295. The molecule has 22 heavy (non-hydrogen) atoms. The van der Waals surface area contributed by atoms with Crippen molar-refractivity contribution >= 4 is 34.3 Å². The molecule has 1 heterocycles. The van der Waals surface area contributed by atoms with Crippen LogP contribution in [0.3, 0.4) is 0 Å². The van der Waals surface area contributed by atoms with Gasteiger partial charge in [-0.05, 0) is 33.3 Å². The predicted octanol–water partition coefficient (Wildman–Crippen LogP) is 2.69. The van der Waals surface area contributed by atoms with Crippen LogP contribution in [0.2, 0.25) is 0 Å². The number of hydrogen-bond donors (Lipinski definition) is 2. The number of hydrogen-bond acceptors (Lipinski definition) is 2. The van der Waals surface area contributed by atoms with Crippen molar-refractivity contribution < 1.29 is 0 Å². The molecule has 0 saturated carbocycles. The molecule has 0 saturated heterocycles. The van der Waals surface area contributed by atoms with E-state index in [9.17, 15) is 0 Å². The largest absolute Gasteiger partial charge is 0.375 e. The second kappa shape index (κ2) is 4.38. The van der Waals surface area contributed by atoms with Crippen LogP contribution >= 0.6 is 0 Å². The van der Waals surface area contributed by atoms with Crippen molar-refractivity contribution in [1.82, 2.24) is 0 Å². The summed E-state index contributed by atoms with van der Waals surface area (Å²) >= 11 is 0. The lowest BCUT2D eigenvalue weighted by atomic mass is 9.95. The Morgan fingerprint density at radius 2 is 1.05 bits per heavy atom. The topological polar surface area (TPSA) is 24.1 Å². The third kappa shape index (κ3) is 1.74. The van der Waals surface area contributed by atoms with Crippen molar-refractivity contribution in [2.75, 3.05) is 10.6 Å². The van der Waals surface area contributed by atoms with Gasteiger partial charge in [0.15, 0.2) is 0 Å². The zero-order valence-corrected chi connectivity index (χ0v) is 12.1. The van der Waals surface area contributed by atoms with Gasteiger partial charge in [0.1, 0.15) is 0 Å². The standard InChI is InChI=1S/C20H16N2/c1-2-6-14-10-18-17(9-13(14)5-1)21-19-11-15-7-3-4-8-16(15)12-20(19)22-18/h1-12,17-18,21-22H. The monoisotopic (exact) mass is 284 g/mol. The molecule has 1 aliphatic carbocycles. The van der Waals surface area contributed by atoms with Crippen LogP contribution in [0.1, 0.15) is 0 Å². The Morgan fingerprint density at radius 3 is 1.55 bits per heavy atom. The van der Waals surface area contributed by atoms with Crippen LogP contribution in [-0.4, -0.2) is 12.1 Å². The molecule has 1 aliphatic heterocycles. The summed E-state index contributed by atoms with van der Waals surface area (Å²) in [6.45, 7) is 0. The van der Waals surface area contributed by atoms with Gasteiger partial charge in [-0.1, -0.05) is 60.7 Å². The van der Waals surface area contributed by atoms with E-state index in [4.69, 9.17) is 0 Å². The molecule has 0 spiro atoms. The van der Waals surface area contributed by atoms with Crippen molar-refractivity contribution in [3.8, 4) is 0 Å². The molecule has 2 heteroatoms. The molecular formula is C20H16N2. The first-order valence-electron chi connectivity index (χ1n) is 7.71. The summed E-state index contributed by atoms with van der Waals surface area (Å²) in [5, 5.41) is 12.5. The summed E-state index contributed by atoms with van der Waals surface area (Å²) in [5.74, 6) is 0. The Balaban J connectivity index is 1.66. The molecular weight excluding hydrogens is 268 g/mol. The van der Waals surface area contributed by atoms with Crippen molar-refractivity contribution in [2.24, 2.45) is 0 Å². The average Bonchev–Trinajstić information content (AvgIpc) is 2.56. The van der Waals surface area contributed by atoms with E-state index < -0.39 is 0 Å². The van der Waals surface area contributed by atoms with Crippen molar-refractivity contribution in [3.05, 3.63) is 71.1 Å². The van der Waals surface area contributed by atoms with E-state index in [0.29, 0.717) is 12.1 Å². The molecule has 3 aromatic carbocycles. The maximum atomic E-state index is 3.68. The van der Waals surface area contributed by atoms with Crippen molar-refractivity contribution in [1.29, 1.82) is 0 Å². The quantitative estimate of drug-likeness (QED) is 0.663. The highest BCUT2D eigenvalue weighted by molar-refractivity contribution is 5.93. The number of fused-ring (bicyclic) bond motifs is 4. The molecule has 2 unspecified atom stereocenters. The zero-order valence-electron chi connectivity index (χ0n) is 12.1. The van der Waals surface area contributed by atoms with Crippen LogP contribution in [0.4, 0.5) is 11.4 Å². The minimum atomic E-state index is 0.295. The second-order valence-electron chi connectivity index (χ2n) is 6.05. The molecule has 0 fully saturated rings. The normalized spacial score (nSPS) is 21.3. The fraction of sp³-hybridized carbons (Fsp3) is 0.100. The SMILES string of the molecule is C1=c2ccccc2=CC2Nc3cc4ccccc4cc3NC12. The molecule has 2 nitrogen and oxygen atoms in total. The highest BCUT2D eigenvalue weighted by atomic mass is 15.1. The molecule has 5 rings (SSSR count). The molecule has 106 valence electrons. The third-order valence-corrected chi connectivity index (χ3v) is 4.63. The van der Waals surface area contributed by atoms with Gasteiger partial charge in [0.25, 0.3) is 0 Å². The minimum Gasteiger partial charge on any atom is -0.375 e. The van der Waals surface area contributed by atoms with Gasteiger partial charge in [0.05, 0.1) is 23.5 Å². The van der Waals surface area contributed by atoms with Gasteiger partial charge in [-0.15, -0.1) is 0 Å². The molecule has 0 aromatic heterocycles. The van der Waals surface area contributed by atoms with E-state index in [0.717, 1.165) is 0 Å². The maximum Gasteiger partial charge on any atom is 0.0692 e. The van der Waals surface area contributed by atoms with Crippen LogP contribution in [0.5, 0.6) is 0 Å². The van der Waals surface area contributed by atoms with Crippen molar-refractivity contribution in [2.45, 2.75) is 12.1 Å². The fourth-order valence-corrected chi connectivity index (χ4v) is 3.51. The number of anilines is 2. The predicted molar refractivity (Wildman–Crippen MR) is 93.4 cm³/mol. The Bertz CT molecular complexity index is 922.